The molecule has 0 saturated carbocycles. The fraction of sp³-hybridized carbons (Fsp3) is 0.500. The van der Waals surface area contributed by atoms with Crippen LogP contribution in [-0.4, -0.2) is 22.7 Å². The van der Waals surface area contributed by atoms with E-state index in [9.17, 15) is 5.11 Å². The van der Waals surface area contributed by atoms with E-state index in [0.29, 0.717) is 0 Å². The van der Waals surface area contributed by atoms with Crippen molar-refractivity contribution in [2.24, 2.45) is 5.41 Å². The molecule has 1 unspecified atom stereocenters. The molecular weight excluding hydrogens is 244 g/mol. The van der Waals surface area contributed by atoms with Gasteiger partial charge in [-0.2, -0.15) is 0 Å². The molecule has 1 aliphatic heterocycles. The molecule has 0 aliphatic carbocycles. The topological polar surface area (TPSA) is 45.2 Å². The summed E-state index contributed by atoms with van der Waals surface area (Å²) in [6.45, 7) is 5.04. The Morgan fingerprint density at radius 2 is 2.28 bits per heavy atom. The van der Waals surface area contributed by atoms with Gasteiger partial charge in [0.1, 0.15) is 0 Å². The first-order valence-electron chi connectivity index (χ1n) is 6.31. The summed E-state index contributed by atoms with van der Waals surface area (Å²) in [5, 5.41) is 13.7. The zero-order valence-electron chi connectivity index (χ0n) is 10.7. The highest BCUT2D eigenvalue weighted by Gasteiger charge is 2.35. The molecule has 1 aliphatic rings. The van der Waals surface area contributed by atoms with Gasteiger partial charge in [0.05, 0.1) is 21.8 Å². The zero-order chi connectivity index (χ0) is 12.8. The van der Waals surface area contributed by atoms with Gasteiger partial charge in [-0.25, -0.2) is 4.98 Å². The van der Waals surface area contributed by atoms with E-state index in [1.54, 1.807) is 11.3 Å². The number of nitrogens with zero attached hydrogens (tertiary/aromatic N) is 1. The minimum atomic E-state index is -0.255. The highest BCUT2D eigenvalue weighted by molar-refractivity contribution is 7.16. The van der Waals surface area contributed by atoms with Crippen LogP contribution >= 0.6 is 11.3 Å². The van der Waals surface area contributed by atoms with Gasteiger partial charge in [0.15, 0.2) is 0 Å². The predicted octanol–water partition coefficient (Wildman–Crippen LogP) is 2.72. The van der Waals surface area contributed by atoms with Gasteiger partial charge in [0, 0.05) is 18.0 Å². The molecule has 3 rings (SSSR count). The molecule has 0 amide bonds. The Labute approximate surface area is 111 Å². The predicted molar refractivity (Wildman–Crippen MR) is 74.8 cm³/mol. The lowest BCUT2D eigenvalue weighted by atomic mass is 9.78. The molecule has 96 valence electrons. The van der Waals surface area contributed by atoms with E-state index in [1.165, 1.54) is 10.3 Å². The third-order valence-corrected chi connectivity index (χ3v) is 4.73. The average Bonchev–Trinajstić information content (AvgIpc) is 2.79. The number of rotatable bonds is 1. The van der Waals surface area contributed by atoms with Crippen molar-refractivity contribution in [1.82, 2.24) is 10.3 Å². The lowest BCUT2D eigenvalue weighted by Gasteiger charge is -2.40. The maximum atomic E-state index is 10.2. The second-order valence-corrected chi connectivity index (χ2v) is 6.64. The summed E-state index contributed by atoms with van der Waals surface area (Å²) >= 11 is 1.66. The number of nitrogens with one attached hydrogen (secondary N) is 1. The van der Waals surface area contributed by atoms with Crippen LogP contribution in [0.25, 0.3) is 10.2 Å². The molecular formula is C14H18N2OS. The first-order chi connectivity index (χ1) is 8.56. The van der Waals surface area contributed by atoms with Gasteiger partial charge in [0.2, 0.25) is 0 Å². The Hall–Kier alpha value is -0.970. The Morgan fingerprint density at radius 3 is 3.06 bits per heavy atom. The van der Waals surface area contributed by atoms with Crippen LogP contribution in [0.3, 0.4) is 0 Å². The maximum Gasteiger partial charge on any atom is 0.0815 e. The molecule has 2 atom stereocenters. The van der Waals surface area contributed by atoms with Gasteiger partial charge in [-0.05, 0) is 24.1 Å². The summed E-state index contributed by atoms with van der Waals surface area (Å²) in [5.41, 5.74) is 4.11. The van der Waals surface area contributed by atoms with Crippen molar-refractivity contribution in [3.8, 4) is 0 Å². The standard InChI is InChI=1S/C14H18N2OS/c1-14(2)7-15-10(6-13(14)17)9-3-4-12-11(5-9)16-8-18-12/h3-5,8,10,13,15,17H,6-7H2,1-2H3/t10-,13?/m0/s1. The van der Waals surface area contributed by atoms with Crippen LogP contribution in [0.1, 0.15) is 31.9 Å². The molecule has 0 spiro atoms. The molecule has 3 nitrogen and oxygen atoms in total. The third kappa shape index (κ3) is 2.05. The fourth-order valence-corrected chi connectivity index (χ4v) is 3.13. The molecule has 1 fully saturated rings. The molecule has 2 N–H and O–H groups in total. The minimum absolute atomic E-state index is 0.0404. The highest BCUT2D eigenvalue weighted by Crippen LogP contribution is 2.34. The van der Waals surface area contributed by atoms with Crippen LogP contribution in [-0.2, 0) is 0 Å². The lowest BCUT2D eigenvalue weighted by molar-refractivity contribution is 0.00761. The number of benzene rings is 1. The lowest BCUT2D eigenvalue weighted by Crippen LogP contribution is -2.47. The van der Waals surface area contributed by atoms with Crippen molar-refractivity contribution < 1.29 is 5.11 Å². The van der Waals surface area contributed by atoms with Gasteiger partial charge in [-0.1, -0.05) is 19.9 Å². The Morgan fingerprint density at radius 1 is 1.44 bits per heavy atom. The van der Waals surface area contributed by atoms with Crippen molar-refractivity contribution in [3.63, 3.8) is 0 Å². The summed E-state index contributed by atoms with van der Waals surface area (Å²) in [7, 11) is 0. The second kappa shape index (κ2) is 4.30. The normalized spacial score (nSPS) is 27.5. The monoisotopic (exact) mass is 262 g/mol. The van der Waals surface area contributed by atoms with Crippen molar-refractivity contribution in [3.05, 3.63) is 29.3 Å². The molecule has 4 heteroatoms. The molecule has 0 radical (unpaired) electrons. The van der Waals surface area contributed by atoms with Gasteiger partial charge in [0.25, 0.3) is 0 Å². The smallest absolute Gasteiger partial charge is 0.0815 e. The van der Waals surface area contributed by atoms with Crippen molar-refractivity contribution in [1.29, 1.82) is 0 Å². The van der Waals surface area contributed by atoms with E-state index >= 15 is 0 Å². The van der Waals surface area contributed by atoms with E-state index in [2.05, 4.69) is 42.3 Å². The minimum Gasteiger partial charge on any atom is -0.392 e. The summed E-state index contributed by atoms with van der Waals surface area (Å²) in [5.74, 6) is 0. The summed E-state index contributed by atoms with van der Waals surface area (Å²) in [6, 6.07) is 6.63. The van der Waals surface area contributed by atoms with E-state index in [1.807, 2.05) is 5.51 Å². The van der Waals surface area contributed by atoms with Crippen LogP contribution in [0.15, 0.2) is 23.7 Å². The van der Waals surface area contributed by atoms with Gasteiger partial charge in [-0.3, -0.25) is 0 Å². The molecule has 2 heterocycles. The van der Waals surface area contributed by atoms with Gasteiger partial charge >= 0.3 is 0 Å². The van der Waals surface area contributed by atoms with E-state index in [0.717, 1.165) is 18.5 Å². The Bertz CT molecular complexity index is 564. The first kappa shape index (κ1) is 12.1. The fourth-order valence-electron chi connectivity index (χ4n) is 2.48. The first-order valence-corrected chi connectivity index (χ1v) is 7.19. The van der Waals surface area contributed by atoms with Crippen LogP contribution in [0.5, 0.6) is 0 Å². The van der Waals surface area contributed by atoms with Crippen LogP contribution in [0.4, 0.5) is 0 Å². The third-order valence-electron chi connectivity index (χ3n) is 3.92. The number of hydrogen-bond acceptors (Lipinski definition) is 4. The maximum absolute atomic E-state index is 10.2. The number of aliphatic hydroxyl groups is 1. The number of thiazole rings is 1. The van der Waals surface area contributed by atoms with Gasteiger partial charge in [-0.15, -0.1) is 11.3 Å². The van der Waals surface area contributed by atoms with Crippen LogP contribution in [0, 0.1) is 5.41 Å². The Balaban J connectivity index is 1.87. The molecule has 1 aromatic carbocycles. The zero-order valence-corrected chi connectivity index (χ0v) is 11.5. The number of piperidine rings is 1. The van der Waals surface area contributed by atoms with Crippen molar-refractivity contribution in [2.45, 2.75) is 32.4 Å². The molecule has 2 aromatic rings. The summed E-state index contributed by atoms with van der Waals surface area (Å²) < 4.78 is 1.22. The van der Waals surface area contributed by atoms with Crippen LogP contribution in [0.2, 0.25) is 0 Å². The largest absolute Gasteiger partial charge is 0.392 e. The molecule has 0 bridgehead atoms. The van der Waals surface area contributed by atoms with E-state index in [4.69, 9.17) is 0 Å². The quantitative estimate of drug-likeness (QED) is 0.830. The van der Waals surface area contributed by atoms with Gasteiger partial charge < -0.3 is 10.4 Å². The molecule has 1 aromatic heterocycles. The molecule has 18 heavy (non-hydrogen) atoms. The SMILES string of the molecule is CC1(C)CN[C@H](c2ccc3scnc3c2)CC1O. The number of fused-ring (bicyclic) bond motifs is 1. The van der Waals surface area contributed by atoms with E-state index < -0.39 is 0 Å². The van der Waals surface area contributed by atoms with Crippen molar-refractivity contribution >= 4 is 21.6 Å². The molecule has 1 saturated heterocycles. The summed E-state index contributed by atoms with van der Waals surface area (Å²) in [6.07, 6.45) is 0.512. The Kier molecular flexibility index (Phi) is 2.88. The summed E-state index contributed by atoms with van der Waals surface area (Å²) in [4.78, 5) is 4.35. The number of hydrogen-bond donors (Lipinski definition) is 2. The van der Waals surface area contributed by atoms with Crippen LogP contribution < -0.4 is 5.32 Å². The highest BCUT2D eigenvalue weighted by atomic mass is 32.1. The number of aromatic nitrogens is 1. The number of aliphatic hydroxyl groups excluding tert-OH is 1. The second-order valence-electron chi connectivity index (χ2n) is 5.75. The van der Waals surface area contributed by atoms with Crippen molar-refractivity contribution in [2.75, 3.05) is 6.54 Å². The van der Waals surface area contributed by atoms with E-state index in [-0.39, 0.29) is 17.6 Å². The average molecular weight is 262 g/mol.